The molecule has 0 radical (unpaired) electrons. The number of pyridine rings is 1. The minimum absolute atomic E-state index is 0.151. The minimum atomic E-state index is -4.63. The maximum Gasteiger partial charge on any atom is 0.418 e. The second-order valence-corrected chi connectivity index (χ2v) is 8.89. The smallest absolute Gasteiger partial charge is 0.308 e. The molecule has 0 saturated carbocycles. The van der Waals surface area contributed by atoms with E-state index < -0.39 is 17.8 Å². The van der Waals surface area contributed by atoms with Gasteiger partial charge >= 0.3 is 12.2 Å². The van der Waals surface area contributed by atoms with Crippen molar-refractivity contribution < 1.29 is 22.8 Å². The van der Waals surface area contributed by atoms with Gasteiger partial charge in [-0.2, -0.15) is 24.5 Å². The highest BCUT2D eigenvalue weighted by Gasteiger charge is 2.34. The number of para-hydroxylation sites is 1. The summed E-state index contributed by atoms with van der Waals surface area (Å²) in [7, 11) is 0. The number of carbonyl (C=O) groups is 2. The number of nitrogens with zero attached hydrogens (tertiary/aromatic N) is 1. The van der Waals surface area contributed by atoms with Gasteiger partial charge < -0.3 is 10.6 Å². The SMILES string of the molecule is O=C(Nc1ccsc1)Nc1cccc(-c2c(C(=O)c3ccccc3)cnc3c(C(F)(F)F)cccc23)c1. The van der Waals surface area contributed by atoms with Crippen LogP contribution in [0.5, 0.6) is 0 Å². The Morgan fingerprint density at radius 1 is 0.838 bits per heavy atom. The zero-order valence-electron chi connectivity index (χ0n) is 19.0. The van der Waals surface area contributed by atoms with Crippen molar-refractivity contribution in [1.82, 2.24) is 4.98 Å². The lowest BCUT2D eigenvalue weighted by Crippen LogP contribution is -2.19. The largest absolute Gasteiger partial charge is 0.418 e. The van der Waals surface area contributed by atoms with Gasteiger partial charge in [-0.05, 0) is 35.2 Å². The number of thiophene rings is 1. The number of anilines is 2. The summed E-state index contributed by atoms with van der Waals surface area (Å²) in [4.78, 5) is 30.0. The lowest BCUT2D eigenvalue weighted by molar-refractivity contribution is -0.136. The lowest BCUT2D eigenvalue weighted by Gasteiger charge is -2.16. The quantitative estimate of drug-likeness (QED) is 0.233. The number of carbonyl (C=O) groups excluding carboxylic acids is 2. The average molecular weight is 518 g/mol. The molecule has 5 nitrogen and oxygen atoms in total. The van der Waals surface area contributed by atoms with Gasteiger partial charge in [0.15, 0.2) is 5.78 Å². The van der Waals surface area contributed by atoms with Crippen LogP contribution in [0.1, 0.15) is 21.5 Å². The minimum Gasteiger partial charge on any atom is -0.308 e. The van der Waals surface area contributed by atoms with Crippen LogP contribution in [-0.2, 0) is 6.18 Å². The van der Waals surface area contributed by atoms with Gasteiger partial charge in [-0.25, -0.2) is 4.79 Å². The third-order valence-corrected chi connectivity index (χ3v) is 6.35. The molecular weight excluding hydrogens is 499 g/mol. The first-order valence-electron chi connectivity index (χ1n) is 11.1. The molecule has 0 spiro atoms. The van der Waals surface area contributed by atoms with E-state index in [2.05, 4.69) is 15.6 Å². The second kappa shape index (κ2) is 9.87. The Kier molecular flexibility index (Phi) is 6.45. The molecule has 9 heteroatoms. The first-order valence-corrected chi connectivity index (χ1v) is 12.0. The first kappa shape index (κ1) is 24.2. The number of alkyl halides is 3. The van der Waals surface area contributed by atoms with Crippen molar-refractivity contribution in [3.05, 3.63) is 113 Å². The Hall–Kier alpha value is -4.50. The highest BCUT2D eigenvalue weighted by atomic mass is 32.1. The average Bonchev–Trinajstić information content (AvgIpc) is 3.40. The van der Waals surface area contributed by atoms with Crippen LogP contribution in [0.25, 0.3) is 22.0 Å². The lowest BCUT2D eigenvalue weighted by atomic mass is 9.91. The third-order valence-electron chi connectivity index (χ3n) is 5.67. The Morgan fingerprint density at radius 3 is 2.32 bits per heavy atom. The fourth-order valence-electron chi connectivity index (χ4n) is 4.06. The van der Waals surface area contributed by atoms with Crippen LogP contribution in [0, 0.1) is 0 Å². The molecule has 184 valence electrons. The zero-order valence-corrected chi connectivity index (χ0v) is 19.9. The molecule has 0 saturated heterocycles. The Balaban J connectivity index is 1.64. The highest BCUT2D eigenvalue weighted by Crippen LogP contribution is 2.39. The maximum atomic E-state index is 13.8. The highest BCUT2D eigenvalue weighted by molar-refractivity contribution is 7.08. The molecule has 0 bridgehead atoms. The molecule has 2 N–H and O–H groups in total. The fourth-order valence-corrected chi connectivity index (χ4v) is 4.65. The molecular formula is C28H18F3N3O2S. The van der Waals surface area contributed by atoms with Crippen LogP contribution in [0.15, 0.2) is 95.8 Å². The van der Waals surface area contributed by atoms with Gasteiger partial charge in [-0.1, -0.05) is 54.6 Å². The zero-order chi connectivity index (χ0) is 26.0. The molecule has 0 unspecified atom stereocenters. The van der Waals surface area contributed by atoms with Crippen molar-refractivity contribution in [3.63, 3.8) is 0 Å². The summed E-state index contributed by atoms with van der Waals surface area (Å²) in [6.07, 6.45) is -3.44. The van der Waals surface area contributed by atoms with E-state index in [0.29, 0.717) is 28.1 Å². The molecule has 2 heterocycles. The van der Waals surface area contributed by atoms with Crippen LogP contribution in [0.4, 0.5) is 29.3 Å². The van der Waals surface area contributed by atoms with E-state index in [0.717, 1.165) is 6.07 Å². The van der Waals surface area contributed by atoms with Gasteiger partial charge in [0.2, 0.25) is 0 Å². The summed E-state index contributed by atoms with van der Waals surface area (Å²) in [5, 5.41) is 9.21. The van der Waals surface area contributed by atoms with Crippen LogP contribution in [0.3, 0.4) is 0 Å². The van der Waals surface area contributed by atoms with Gasteiger partial charge in [0.25, 0.3) is 0 Å². The first-order chi connectivity index (χ1) is 17.8. The van der Waals surface area contributed by atoms with E-state index in [-0.39, 0.29) is 22.2 Å². The number of fused-ring (bicyclic) bond motifs is 1. The third kappa shape index (κ3) is 5.07. The van der Waals surface area contributed by atoms with E-state index in [4.69, 9.17) is 0 Å². The predicted octanol–water partition coefficient (Wildman–Crippen LogP) is 7.86. The Labute approximate surface area is 213 Å². The number of halogens is 3. The number of aromatic nitrogens is 1. The molecule has 5 rings (SSSR count). The van der Waals surface area contributed by atoms with Gasteiger partial charge in [0.05, 0.1) is 16.8 Å². The van der Waals surface area contributed by atoms with Crippen molar-refractivity contribution in [2.75, 3.05) is 10.6 Å². The molecule has 0 aliphatic heterocycles. The van der Waals surface area contributed by atoms with E-state index in [1.54, 1.807) is 66.0 Å². The van der Waals surface area contributed by atoms with Crippen molar-refractivity contribution >= 4 is 45.4 Å². The van der Waals surface area contributed by atoms with E-state index in [9.17, 15) is 22.8 Å². The number of ketones is 1. The molecule has 5 aromatic rings. The molecule has 2 amide bonds. The van der Waals surface area contributed by atoms with Crippen molar-refractivity contribution in [3.8, 4) is 11.1 Å². The van der Waals surface area contributed by atoms with E-state index >= 15 is 0 Å². The van der Waals surface area contributed by atoms with Crippen LogP contribution < -0.4 is 10.6 Å². The molecule has 37 heavy (non-hydrogen) atoms. The number of urea groups is 1. The van der Waals surface area contributed by atoms with Crippen LogP contribution in [-0.4, -0.2) is 16.8 Å². The topological polar surface area (TPSA) is 71.1 Å². The van der Waals surface area contributed by atoms with Gasteiger partial charge in [-0.3, -0.25) is 9.78 Å². The summed E-state index contributed by atoms with van der Waals surface area (Å²) in [5.41, 5.74) is 1.16. The number of rotatable bonds is 5. The van der Waals surface area contributed by atoms with Crippen molar-refractivity contribution in [2.45, 2.75) is 6.18 Å². The predicted molar refractivity (Wildman–Crippen MR) is 139 cm³/mol. The maximum absolute atomic E-state index is 13.8. The number of nitrogens with one attached hydrogen (secondary N) is 2. The van der Waals surface area contributed by atoms with Gasteiger partial charge in [0.1, 0.15) is 0 Å². The molecule has 0 aliphatic rings. The second-order valence-electron chi connectivity index (χ2n) is 8.11. The normalized spacial score (nSPS) is 11.3. The van der Waals surface area contributed by atoms with Crippen LogP contribution >= 0.6 is 11.3 Å². The molecule has 2 aromatic heterocycles. The Bertz CT molecular complexity index is 1600. The van der Waals surface area contributed by atoms with E-state index in [1.807, 2.05) is 5.38 Å². The summed E-state index contributed by atoms with van der Waals surface area (Å²) in [6, 6.07) is 20.1. The van der Waals surface area contributed by atoms with Crippen LogP contribution in [0.2, 0.25) is 0 Å². The molecule has 0 aliphatic carbocycles. The molecule has 0 atom stereocenters. The van der Waals surface area contributed by atoms with Crippen molar-refractivity contribution in [2.24, 2.45) is 0 Å². The van der Waals surface area contributed by atoms with Crippen molar-refractivity contribution in [1.29, 1.82) is 0 Å². The summed E-state index contributed by atoms with van der Waals surface area (Å²) in [6.45, 7) is 0. The summed E-state index contributed by atoms with van der Waals surface area (Å²) in [5.74, 6) is -0.379. The number of hydrogen-bond acceptors (Lipinski definition) is 4. The standard InChI is InChI=1S/C28H18F3N3O2S/c29-28(30,31)23-11-5-10-21-24(22(15-32-25(21)23)26(35)17-6-2-1-3-7-17)18-8-4-9-19(14-18)33-27(36)34-20-12-13-37-16-20/h1-16H,(H2,33,34,36). The number of amides is 2. The van der Waals surface area contributed by atoms with E-state index in [1.165, 1.54) is 29.7 Å². The monoisotopic (exact) mass is 517 g/mol. The molecule has 3 aromatic carbocycles. The fraction of sp³-hybridized carbons (Fsp3) is 0.0357. The Morgan fingerprint density at radius 2 is 1.59 bits per heavy atom. The summed E-state index contributed by atoms with van der Waals surface area (Å²) >= 11 is 1.43. The van der Waals surface area contributed by atoms with Gasteiger partial charge in [-0.15, -0.1) is 0 Å². The number of hydrogen-bond donors (Lipinski definition) is 2. The number of benzene rings is 3. The summed E-state index contributed by atoms with van der Waals surface area (Å²) < 4.78 is 41.3. The molecule has 0 fully saturated rings. The van der Waals surface area contributed by atoms with Gasteiger partial charge in [0, 0.05) is 39.3 Å².